The van der Waals surface area contributed by atoms with Crippen molar-refractivity contribution in [2.24, 2.45) is 16.7 Å². The summed E-state index contributed by atoms with van der Waals surface area (Å²) in [6.07, 6.45) is 6.28. The van der Waals surface area contributed by atoms with E-state index in [9.17, 15) is 14.9 Å². The first-order valence-corrected chi connectivity index (χ1v) is 7.34. The van der Waals surface area contributed by atoms with Gasteiger partial charge in [-0.25, -0.2) is 0 Å². The second-order valence-corrected chi connectivity index (χ2v) is 6.71. The highest BCUT2D eigenvalue weighted by Gasteiger charge is 2.62. The van der Waals surface area contributed by atoms with Gasteiger partial charge >= 0.3 is 0 Å². The molecule has 4 heteroatoms. The molecule has 2 saturated carbocycles. The molecule has 0 heterocycles. The van der Waals surface area contributed by atoms with Crippen molar-refractivity contribution in [3.8, 4) is 0 Å². The molecule has 2 atom stereocenters. The number of ketones is 1. The number of hydrogen-bond acceptors (Lipinski definition) is 3. The molecule has 1 aromatic carbocycles. The molecule has 2 bridgehead atoms. The largest absolute Gasteiger partial charge is 0.299 e. The van der Waals surface area contributed by atoms with Gasteiger partial charge in [0.1, 0.15) is 5.78 Å². The van der Waals surface area contributed by atoms with Crippen molar-refractivity contribution in [2.75, 3.05) is 0 Å². The maximum atomic E-state index is 12.4. The number of Topliss-reactive ketones (excluding diaryl/α,β-unsaturated/α-hetero) is 1. The van der Waals surface area contributed by atoms with Crippen LogP contribution in [0.3, 0.4) is 0 Å². The van der Waals surface area contributed by atoms with Gasteiger partial charge in [0.05, 0.1) is 15.9 Å². The van der Waals surface area contributed by atoms with Crippen LogP contribution in [0.2, 0.25) is 0 Å². The minimum absolute atomic E-state index is 0.0514. The molecule has 3 rings (SSSR count). The van der Waals surface area contributed by atoms with Crippen molar-refractivity contribution in [1.82, 2.24) is 0 Å². The number of nitrogens with zero attached hydrogens (tertiary/aromatic N) is 1. The van der Waals surface area contributed by atoms with Crippen LogP contribution in [0.4, 0.5) is 5.69 Å². The number of nitro benzene ring substituents is 1. The Morgan fingerprint density at radius 2 is 2.05 bits per heavy atom. The predicted molar refractivity (Wildman–Crippen MR) is 80.7 cm³/mol. The lowest BCUT2D eigenvalue weighted by Crippen LogP contribution is -2.33. The van der Waals surface area contributed by atoms with Gasteiger partial charge in [0.25, 0.3) is 5.69 Å². The number of para-hydroxylation sites is 1. The number of carbonyl (C=O) groups excluding carboxylic acids is 1. The normalized spacial score (nSPS) is 30.2. The number of nitro groups is 1. The minimum atomic E-state index is -0.443. The monoisotopic (exact) mass is 285 g/mol. The number of carbonyl (C=O) groups is 1. The summed E-state index contributed by atoms with van der Waals surface area (Å²) in [7, 11) is 0. The van der Waals surface area contributed by atoms with Crippen molar-refractivity contribution >= 4 is 17.5 Å². The van der Waals surface area contributed by atoms with Gasteiger partial charge in [0.15, 0.2) is 0 Å². The van der Waals surface area contributed by atoms with Crippen molar-refractivity contribution in [3.63, 3.8) is 0 Å². The summed E-state index contributed by atoms with van der Waals surface area (Å²) in [5, 5.41) is 11.1. The molecule has 0 amide bonds. The third-order valence-electron chi connectivity index (χ3n) is 5.67. The fourth-order valence-corrected chi connectivity index (χ4v) is 4.13. The highest BCUT2D eigenvalue weighted by Crippen LogP contribution is 2.64. The van der Waals surface area contributed by atoms with Crippen LogP contribution in [0.25, 0.3) is 6.08 Å². The number of fused-ring (bicyclic) bond motifs is 2. The molecular formula is C17H19NO3. The summed E-state index contributed by atoms with van der Waals surface area (Å²) < 4.78 is 0. The summed E-state index contributed by atoms with van der Waals surface area (Å²) in [4.78, 5) is 23.1. The predicted octanol–water partition coefficient (Wildman–Crippen LogP) is 4.00. The van der Waals surface area contributed by atoms with Crippen LogP contribution >= 0.6 is 0 Å². The molecule has 0 saturated heterocycles. The molecule has 0 N–H and O–H groups in total. The Morgan fingerprint density at radius 1 is 1.33 bits per heavy atom. The first-order chi connectivity index (χ1) is 9.88. The van der Waals surface area contributed by atoms with E-state index in [2.05, 4.69) is 13.8 Å². The highest BCUT2D eigenvalue weighted by atomic mass is 16.6. The molecule has 0 radical (unpaired) electrons. The van der Waals surface area contributed by atoms with E-state index in [1.54, 1.807) is 24.3 Å². The summed E-state index contributed by atoms with van der Waals surface area (Å²) >= 11 is 0. The molecule has 1 aromatic rings. The molecule has 2 fully saturated rings. The Hall–Kier alpha value is -1.97. The van der Waals surface area contributed by atoms with Crippen LogP contribution in [0.5, 0.6) is 0 Å². The average Bonchev–Trinajstić information content (AvgIpc) is 2.79. The molecule has 110 valence electrons. The molecule has 21 heavy (non-hydrogen) atoms. The Balaban J connectivity index is 2.00. The fourth-order valence-electron chi connectivity index (χ4n) is 4.13. The fraction of sp³-hybridized carbons (Fsp3) is 0.471. The van der Waals surface area contributed by atoms with Crippen LogP contribution in [0.15, 0.2) is 30.3 Å². The number of allylic oxidation sites excluding steroid dienone is 1. The van der Waals surface area contributed by atoms with Gasteiger partial charge in [0.2, 0.25) is 0 Å². The van der Waals surface area contributed by atoms with Crippen molar-refractivity contribution in [3.05, 3.63) is 46.0 Å². The Bertz CT molecular complexity index is 647. The van der Waals surface area contributed by atoms with Gasteiger partial charge in [0, 0.05) is 12.5 Å². The molecule has 2 aliphatic rings. The zero-order valence-electron chi connectivity index (χ0n) is 12.3. The Labute approximate surface area is 124 Å². The summed E-state index contributed by atoms with van der Waals surface area (Å²) in [6.45, 7) is 4.30. The van der Waals surface area contributed by atoms with Crippen LogP contribution in [-0.2, 0) is 4.79 Å². The molecule has 2 unspecified atom stereocenters. The molecular weight excluding hydrogens is 266 g/mol. The van der Waals surface area contributed by atoms with E-state index in [-0.39, 0.29) is 16.0 Å². The van der Waals surface area contributed by atoms with E-state index in [1.165, 1.54) is 6.07 Å². The van der Waals surface area contributed by atoms with Gasteiger partial charge in [-0.1, -0.05) is 38.1 Å². The number of benzene rings is 1. The number of hydrogen-bond donors (Lipinski definition) is 0. The van der Waals surface area contributed by atoms with Gasteiger partial charge in [-0.15, -0.1) is 0 Å². The third-order valence-corrected chi connectivity index (χ3v) is 5.67. The lowest BCUT2D eigenvalue weighted by Gasteiger charge is -2.33. The van der Waals surface area contributed by atoms with E-state index < -0.39 is 5.41 Å². The number of rotatable bonds is 3. The van der Waals surface area contributed by atoms with Crippen molar-refractivity contribution < 1.29 is 9.72 Å². The first-order valence-electron chi connectivity index (χ1n) is 7.34. The van der Waals surface area contributed by atoms with Gasteiger partial charge in [-0.05, 0) is 30.2 Å². The third kappa shape index (κ3) is 1.85. The lowest BCUT2D eigenvalue weighted by molar-refractivity contribution is -0.385. The topological polar surface area (TPSA) is 60.2 Å². The van der Waals surface area contributed by atoms with Crippen LogP contribution in [0, 0.1) is 26.9 Å². The second kappa shape index (κ2) is 4.52. The van der Waals surface area contributed by atoms with Crippen LogP contribution < -0.4 is 0 Å². The maximum Gasteiger partial charge on any atom is 0.276 e. The smallest absolute Gasteiger partial charge is 0.276 e. The minimum Gasteiger partial charge on any atom is -0.299 e. The summed E-state index contributed by atoms with van der Waals surface area (Å²) in [6, 6.07) is 6.66. The maximum absolute atomic E-state index is 12.4. The second-order valence-electron chi connectivity index (χ2n) is 6.71. The zero-order chi connectivity index (χ0) is 15.3. The SMILES string of the molecule is CC1(C)C2CCC1(C=Cc1ccccc1[N+](=O)[O-])C(=O)C2. The van der Waals surface area contributed by atoms with E-state index in [4.69, 9.17) is 0 Å². The molecule has 0 aliphatic heterocycles. The standard InChI is InChI=1S/C17H19NO3/c1-16(2)13-8-10-17(16,15(19)11-13)9-7-12-5-3-4-6-14(12)18(20)21/h3-7,9,13H,8,10-11H2,1-2H3. The Morgan fingerprint density at radius 3 is 2.62 bits per heavy atom. The van der Waals surface area contributed by atoms with Crippen molar-refractivity contribution in [1.29, 1.82) is 0 Å². The highest BCUT2D eigenvalue weighted by molar-refractivity contribution is 5.92. The van der Waals surface area contributed by atoms with E-state index in [1.807, 2.05) is 6.08 Å². The van der Waals surface area contributed by atoms with E-state index in [0.717, 1.165) is 12.8 Å². The average molecular weight is 285 g/mol. The molecule has 4 nitrogen and oxygen atoms in total. The van der Waals surface area contributed by atoms with E-state index >= 15 is 0 Å². The summed E-state index contributed by atoms with van der Waals surface area (Å²) in [5.41, 5.74) is 0.157. The quantitative estimate of drug-likeness (QED) is 0.623. The van der Waals surface area contributed by atoms with Crippen LogP contribution in [-0.4, -0.2) is 10.7 Å². The van der Waals surface area contributed by atoms with Crippen LogP contribution in [0.1, 0.15) is 38.7 Å². The zero-order valence-corrected chi connectivity index (χ0v) is 12.3. The molecule has 0 spiro atoms. The molecule has 2 aliphatic carbocycles. The van der Waals surface area contributed by atoms with Gasteiger partial charge in [-0.2, -0.15) is 0 Å². The first kappa shape index (κ1) is 14.0. The van der Waals surface area contributed by atoms with Gasteiger partial charge < -0.3 is 0 Å². The summed E-state index contributed by atoms with van der Waals surface area (Å²) in [5.74, 6) is 0.735. The lowest BCUT2D eigenvalue weighted by atomic mass is 9.68. The van der Waals surface area contributed by atoms with E-state index in [0.29, 0.717) is 23.7 Å². The van der Waals surface area contributed by atoms with Gasteiger partial charge in [-0.3, -0.25) is 14.9 Å². The van der Waals surface area contributed by atoms with Crippen molar-refractivity contribution in [2.45, 2.75) is 33.1 Å². The Kier molecular flexibility index (Phi) is 3.01. The molecule has 0 aromatic heterocycles.